The maximum Gasteiger partial charge on any atom is 0.268 e. The van der Waals surface area contributed by atoms with Gasteiger partial charge >= 0.3 is 0 Å². The minimum absolute atomic E-state index is 0.0112. The van der Waals surface area contributed by atoms with Gasteiger partial charge in [-0.3, -0.25) is 9.59 Å². The van der Waals surface area contributed by atoms with Crippen molar-refractivity contribution in [2.24, 2.45) is 17.3 Å². The van der Waals surface area contributed by atoms with Gasteiger partial charge in [0, 0.05) is 17.7 Å². The van der Waals surface area contributed by atoms with Crippen molar-refractivity contribution in [1.29, 1.82) is 0 Å². The number of amides is 1. The van der Waals surface area contributed by atoms with E-state index in [2.05, 4.69) is 36.3 Å². The molecule has 3 aromatic heterocycles. The average molecular weight is 437 g/mol. The summed E-state index contributed by atoms with van der Waals surface area (Å²) in [5.41, 5.74) is 0.913. The van der Waals surface area contributed by atoms with Gasteiger partial charge in [-0.1, -0.05) is 19.0 Å². The molecule has 1 amide bonds. The Morgan fingerprint density at radius 3 is 2.62 bits per heavy atom. The normalized spacial score (nSPS) is 25.9. The van der Waals surface area contributed by atoms with Crippen LogP contribution >= 0.6 is 0 Å². The van der Waals surface area contributed by atoms with Gasteiger partial charge in [0.05, 0.1) is 17.5 Å². The van der Waals surface area contributed by atoms with E-state index >= 15 is 0 Å². The molecule has 5 rings (SSSR count). The van der Waals surface area contributed by atoms with Crippen molar-refractivity contribution in [2.75, 3.05) is 0 Å². The molecular formula is C24H28N4O4. The van der Waals surface area contributed by atoms with Crippen molar-refractivity contribution in [3.8, 4) is 22.8 Å². The number of carbonyl (C=O) groups is 1. The Morgan fingerprint density at radius 2 is 2.00 bits per heavy atom. The Hall–Kier alpha value is -3.16. The Kier molecular flexibility index (Phi) is 4.65. The molecule has 3 atom stereocenters. The largest absolute Gasteiger partial charge is 0.463 e. The van der Waals surface area contributed by atoms with Gasteiger partial charge in [-0.15, -0.1) is 0 Å². The molecule has 8 heteroatoms. The van der Waals surface area contributed by atoms with Gasteiger partial charge in [-0.25, -0.2) is 4.68 Å². The molecule has 3 aromatic rings. The molecule has 0 saturated heterocycles. The van der Waals surface area contributed by atoms with Crippen LogP contribution in [0.1, 0.15) is 45.7 Å². The van der Waals surface area contributed by atoms with Crippen molar-refractivity contribution in [3.63, 3.8) is 0 Å². The summed E-state index contributed by atoms with van der Waals surface area (Å²) in [6.07, 6.45) is 5.04. The molecule has 168 valence electrons. The first-order chi connectivity index (χ1) is 15.2. The number of rotatable bonds is 5. The van der Waals surface area contributed by atoms with E-state index in [9.17, 15) is 9.59 Å². The molecule has 0 aromatic carbocycles. The van der Waals surface area contributed by atoms with Crippen LogP contribution in [0.3, 0.4) is 0 Å². The van der Waals surface area contributed by atoms with E-state index in [1.165, 1.54) is 23.4 Å². The highest BCUT2D eigenvalue weighted by atomic mass is 16.5. The van der Waals surface area contributed by atoms with Crippen LogP contribution in [-0.4, -0.2) is 26.4 Å². The summed E-state index contributed by atoms with van der Waals surface area (Å²) in [7, 11) is 0. The molecule has 2 aliphatic carbocycles. The van der Waals surface area contributed by atoms with Crippen molar-refractivity contribution in [1.82, 2.24) is 20.3 Å². The predicted octanol–water partition coefficient (Wildman–Crippen LogP) is 3.80. The number of aromatic nitrogens is 3. The number of carbonyl (C=O) groups excluding carboxylic acids is 1. The summed E-state index contributed by atoms with van der Waals surface area (Å²) >= 11 is 0. The van der Waals surface area contributed by atoms with Crippen molar-refractivity contribution >= 4 is 5.91 Å². The van der Waals surface area contributed by atoms with Gasteiger partial charge in [-0.2, -0.15) is 5.10 Å². The highest BCUT2D eigenvalue weighted by Gasteiger charge is 2.60. The minimum Gasteiger partial charge on any atom is -0.463 e. The molecule has 2 aliphatic rings. The molecule has 0 spiro atoms. The van der Waals surface area contributed by atoms with Crippen molar-refractivity contribution < 1.29 is 13.7 Å². The molecule has 8 nitrogen and oxygen atoms in total. The molecule has 2 saturated carbocycles. The van der Waals surface area contributed by atoms with Gasteiger partial charge in [0.25, 0.3) is 5.56 Å². The number of hydrogen-bond donors (Lipinski definition) is 1. The van der Waals surface area contributed by atoms with Crippen molar-refractivity contribution in [3.05, 3.63) is 46.6 Å². The molecule has 3 heterocycles. The standard InChI is InChI=1S/C24H28N4O4/c1-14-10-19(32-27-14)17-12-21(30)28(26-22(17)18-6-5-9-31-18)13-20(29)25-24(4)16-8-7-15(11-16)23(24,2)3/h5-6,9-10,12,15-16H,7-8,11,13H2,1-4H3,(H,25,29)/t15-,16-,24+/m0/s1. The van der Waals surface area contributed by atoms with Gasteiger partial charge in [-0.05, 0) is 62.5 Å². The monoisotopic (exact) mass is 436 g/mol. The summed E-state index contributed by atoms with van der Waals surface area (Å²) < 4.78 is 12.1. The second-order valence-electron chi connectivity index (χ2n) is 9.89. The van der Waals surface area contributed by atoms with Gasteiger partial charge in [0.2, 0.25) is 5.91 Å². The Morgan fingerprint density at radius 1 is 1.22 bits per heavy atom. The van der Waals surface area contributed by atoms with E-state index in [0.717, 1.165) is 12.8 Å². The van der Waals surface area contributed by atoms with Gasteiger partial charge in [0.1, 0.15) is 12.2 Å². The maximum atomic E-state index is 13.1. The lowest BCUT2D eigenvalue weighted by molar-refractivity contribution is -0.126. The number of fused-ring (bicyclic) bond motifs is 2. The number of hydrogen-bond acceptors (Lipinski definition) is 6. The summed E-state index contributed by atoms with van der Waals surface area (Å²) in [5, 5.41) is 11.7. The van der Waals surface area contributed by atoms with E-state index in [1.54, 1.807) is 25.1 Å². The number of nitrogens with one attached hydrogen (secondary N) is 1. The quantitative estimate of drug-likeness (QED) is 0.653. The lowest BCUT2D eigenvalue weighted by atomic mass is 9.64. The highest BCUT2D eigenvalue weighted by molar-refractivity contribution is 5.78. The number of furan rings is 1. The van der Waals surface area contributed by atoms with E-state index in [-0.39, 0.29) is 23.4 Å². The third-order valence-electron chi connectivity index (χ3n) is 7.95. The van der Waals surface area contributed by atoms with Gasteiger partial charge < -0.3 is 14.3 Å². The molecule has 2 fully saturated rings. The molecule has 32 heavy (non-hydrogen) atoms. The summed E-state index contributed by atoms with van der Waals surface area (Å²) in [6, 6.07) is 6.65. The predicted molar refractivity (Wildman–Crippen MR) is 118 cm³/mol. The average Bonchev–Trinajstić information content (AvgIpc) is 3.51. The van der Waals surface area contributed by atoms with Crippen LogP contribution in [0.25, 0.3) is 22.8 Å². The molecule has 0 aliphatic heterocycles. The van der Waals surface area contributed by atoms with Gasteiger partial charge in [0.15, 0.2) is 11.5 Å². The molecule has 2 bridgehead atoms. The lowest BCUT2D eigenvalue weighted by Gasteiger charge is -2.48. The molecule has 0 unspecified atom stereocenters. The number of nitrogens with zero attached hydrogens (tertiary/aromatic N) is 3. The maximum absolute atomic E-state index is 13.1. The van der Waals surface area contributed by atoms with Crippen molar-refractivity contribution in [2.45, 2.75) is 59.0 Å². The lowest BCUT2D eigenvalue weighted by Crippen LogP contribution is -2.60. The number of aryl methyl sites for hydroxylation is 1. The Balaban J connectivity index is 1.46. The fourth-order valence-electron chi connectivity index (χ4n) is 5.72. The van der Waals surface area contributed by atoms with Crippen LogP contribution < -0.4 is 10.9 Å². The summed E-state index contributed by atoms with van der Waals surface area (Å²) in [6.45, 7) is 8.27. The van der Waals surface area contributed by atoms with Crippen LogP contribution in [0, 0.1) is 24.2 Å². The zero-order valence-electron chi connectivity index (χ0n) is 18.8. The van der Waals surface area contributed by atoms with Crippen LogP contribution in [0.5, 0.6) is 0 Å². The topological polar surface area (TPSA) is 103 Å². The third kappa shape index (κ3) is 3.12. The van der Waals surface area contributed by atoms with Crippen LogP contribution in [0.15, 0.2) is 44.3 Å². The molecule has 1 N–H and O–H groups in total. The molecule has 0 radical (unpaired) electrons. The zero-order chi connectivity index (χ0) is 22.7. The fraction of sp³-hybridized carbons (Fsp3) is 0.500. The fourth-order valence-corrected chi connectivity index (χ4v) is 5.72. The van der Waals surface area contributed by atoms with E-state index in [4.69, 9.17) is 8.94 Å². The minimum atomic E-state index is -0.392. The zero-order valence-corrected chi connectivity index (χ0v) is 18.8. The van der Waals surface area contributed by atoms with E-state index < -0.39 is 5.56 Å². The first-order valence-corrected chi connectivity index (χ1v) is 11.1. The van der Waals surface area contributed by atoms with Crippen LogP contribution in [0.2, 0.25) is 0 Å². The first kappa shape index (κ1) is 20.7. The second-order valence-corrected chi connectivity index (χ2v) is 9.89. The van der Waals surface area contributed by atoms with E-state index in [1.807, 2.05) is 0 Å². The van der Waals surface area contributed by atoms with Crippen LogP contribution in [0.4, 0.5) is 0 Å². The first-order valence-electron chi connectivity index (χ1n) is 11.1. The highest BCUT2D eigenvalue weighted by Crippen LogP contribution is 2.61. The van der Waals surface area contributed by atoms with Crippen LogP contribution in [-0.2, 0) is 11.3 Å². The SMILES string of the molecule is Cc1cc(-c2cc(=O)n(CC(=O)N[C@]3(C)[C@H]4CC[C@@H](C4)C3(C)C)nc2-c2ccco2)on1. The smallest absolute Gasteiger partial charge is 0.268 e. The Bertz CT molecular complexity index is 1220. The summed E-state index contributed by atoms with van der Waals surface area (Å²) in [4.78, 5) is 26.0. The summed E-state index contributed by atoms with van der Waals surface area (Å²) in [5.74, 6) is 1.77. The van der Waals surface area contributed by atoms with E-state index in [0.29, 0.717) is 40.3 Å². The Labute approximate surface area is 186 Å². The second kappa shape index (κ2) is 7.18. The molecular weight excluding hydrogens is 408 g/mol. The third-order valence-corrected chi connectivity index (χ3v) is 7.95.